The minimum Gasteiger partial charge on any atom is -0.367 e. The lowest BCUT2D eigenvalue weighted by molar-refractivity contribution is 0.0718. The number of amides is 3. The number of imidazole rings is 1. The number of hydrogen-bond donors (Lipinski definition) is 4. The van der Waals surface area contributed by atoms with Crippen molar-refractivity contribution in [2.75, 3.05) is 23.7 Å². The van der Waals surface area contributed by atoms with Gasteiger partial charge in [-0.1, -0.05) is 12.1 Å². The maximum Gasteiger partial charge on any atom is 0.257 e. The van der Waals surface area contributed by atoms with Crippen molar-refractivity contribution >= 4 is 63.1 Å². The molecule has 0 atom stereocenters. The molecule has 188 valence electrons. The molecule has 1 saturated heterocycles. The zero-order chi connectivity index (χ0) is 25.9. The molecular formula is C26H24IN7O3. The fraction of sp³-hybridized carbons (Fsp3) is 0.192. The molecule has 4 aromatic rings. The average molecular weight is 609 g/mol. The molecule has 1 aliphatic heterocycles. The van der Waals surface area contributed by atoms with Gasteiger partial charge in [-0.15, -0.1) is 0 Å². The Kier molecular flexibility index (Phi) is 7.04. The van der Waals surface area contributed by atoms with Crippen molar-refractivity contribution in [3.05, 3.63) is 81.1 Å². The number of fused-ring (bicyclic) bond motifs is 1. The number of likely N-dealkylation sites (tertiary alicyclic amines) is 1. The van der Waals surface area contributed by atoms with Gasteiger partial charge in [-0.05, 0) is 77.9 Å². The molecule has 0 bridgehead atoms. The number of halogens is 1. The molecule has 37 heavy (non-hydrogen) atoms. The first-order chi connectivity index (χ1) is 17.9. The summed E-state index contributed by atoms with van der Waals surface area (Å²) in [5.41, 5.74) is 7.39. The predicted octanol–water partition coefficient (Wildman–Crippen LogP) is 3.63. The highest BCUT2D eigenvalue weighted by Gasteiger charge is 2.24. The monoisotopic (exact) mass is 609 g/mol. The summed E-state index contributed by atoms with van der Waals surface area (Å²) in [6.45, 7) is 1.22. The number of pyridine rings is 1. The van der Waals surface area contributed by atoms with Crippen molar-refractivity contribution in [2.24, 2.45) is 5.73 Å². The van der Waals surface area contributed by atoms with Gasteiger partial charge < -0.3 is 20.9 Å². The first-order valence-corrected chi connectivity index (χ1v) is 12.8. The van der Waals surface area contributed by atoms with E-state index in [1.165, 1.54) is 0 Å². The number of nitrogens with zero attached hydrogens (tertiary/aromatic N) is 3. The van der Waals surface area contributed by atoms with E-state index in [1.807, 2.05) is 18.3 Å². The Balaban J connectivity index is 1.22. The second kappa shape index (κ2) is 10.5. The van der Waals surface area contributed by atoms with Crippen LogP contribution >= 0.6 is 22.6 Å². The third-order valence-electron chi connectivity index (χ3n) is 6.24. The number of rotatable bonds is 6. The number of piperidine rings is 1. The van der Waals surface area contributed by atoms with E-state index >= 15 is 0 Å². The van der Waals surface area contributed by atoms with E-state index < -0.39 is 11.8 Å². The second-order valence-electron chi connectivity index (χ2n) is 8.76. The van der Waals surface area contributed by atoms with Gasteiger partial charge >= 0.3 is 0 Å². The first kappa shape index (κ1) is 24.7. The molecule has 11 heteroatoms. The molecular weight excluding hydrogens is 585 g/mol. The van der Waals surface area contributed by atoms with Crippen LogP contribution in [0.25, 0.3) is 11.0 Å². The Morgan fingerprint density at radius 2 is 1.78 bits per heavy atom. The van der Waals surface area contributed by atoms with E-state index in [0.29, 0.717) is 35.2 Å². The predicted molar refractivity (Wildman–Crippen MR) is 149 cm³/mol. The Hall–Kier alpha value is -4.00. The first-order valence-electron chi connectivity index (χ1n) is 11.7. The molecule has 1 fully saturated rings. The van der Waals surface area contributed by atoms with Crippen molar-refractivity contribution in [1.82, 2.24) is 19.9 Å². The molecule has 5 N–H and O–H groups in total. The lowest BCUT2D eigenvalue weighted by Crippen LogP contribution is -2.42. The third-order valence-corrected chi connectivity index (χ3v) is 6.88. The molecule has 3 amide bonds. The highest BCUT2D eigenvalue weighted by atomic mass is 127. The van der Waals surface area contributed by atoms with E-state index in [2.05, 4.69) is 48.2 Å². The van der Waals surface area contributed by atoms with E-state index in [9.17, 15) is 14.4 Å². The molecule has 2 aromatic heterocycles. The van der Waals surface area contributed by atoms with Gasteiger partial charge in [-0.3, -0.25) is 19.7 Å². The maximum absolute atomic E-state index is 13.2. The van der Waals surface area contributed by atoms with Gasteiger partial charge in [-0.25, -0.2) is 9.97 Å². The van der Waals surface area contributed by atoms with Gasteiger partial charge in [-0.2, -0.15) is 0 Å². The summed E-state index contributed by atoms with van der Waals surface area (Å²) in [5.74, 6) is -0.132. The van der Waals surface area contributed by atoms with Crippen molar-refractivity contribution < 1.29 is 14.4 Å². The zero-order valence-corrected chi connectivity index (χ0v) is 21.9. The van der Waals surface area contributed by atoms with Crippen molar-refractivity contribution in [3.8, 4) is 0 Å². The summed E-state index contributed by atoms with van der Waals surface area (Å²) in [6.07, 6.45) is 3.43. The molecule has 3 heterocycles. The lowest BCUT2D eigenvalue weighted by atomic mass is 10.0. The van der Waals surface area contributed by atoms with Gasteiger partial charge in [0, 0.05) is 40.0 Å². The van der Waals surface area contributed by atoms with Gasteiger partial charge in [0.1, 0.15) is 11.3 Å². The fourth-order valence-electron chi connectivity index (χ4n) is 4.34. The number of carbonyl (C=O) groups is 3. The zero-order valence-electron chi connectivity index (χ0n) is 19.7. The summed E-state index contributed by atoms with van der Waals surface area (Å²) in [4.78, 5) is 51.2. The smallest absolute Gasteiger partial charge is 0.257 e. The van der Waals surface area contributed by atoms with Crippen LogP contribution in [0.15, 0.2) is 60.8 Å². The number of aromatic nitrogens is 3. The second-order valence-corrected chi connectivity index (χ2v) is 10.0. The van der Waals surface area contributed by atoms with E-state index in [1.54, 1.807) is 47.4 Å². The number of anilines is 2. The van der Waals surface area contributed by atoms with Crippen LogP contribution in [0.4, 0.5) is 11.8 Å². The minimum atomic E-state index is -0.604. The number of nitrogens with two attached hydrogens (primary N) is 1. The van der Waals surface area contributed by atoms with E-state index in [4.69, 9.17) is 5.73 Å². The summed E-state index contributed by atoms with van der Waals surface area (Å²) in [7, 11) is 0. The number of primary amides is 1. The number of hydrogen-bond acceptors (Lipinski definition) is 6. The van der Waals surface area contributed by atoms with Crippen LogP contribution < -0.4 is 16.4 Å². The molecule has 0 saturated carbocycles. The quantitative estimate of drug-likeness (QED) is 0.246. The largest absolute Gasteiger partial charge is 0.367 e. The summed E-state index contributed by atoms with van der Waals surface area (Å²) in [6, 6.07) is 15.8. The van der Waals surface area contributed by atoms with Crippen molar-refractivity contribution in [3.63, 3.8) is 0 Å². The number of carbonyl (C=O) groups excluding carboxylic acids is 3. The molecule has 10 nitrogen and oxygen atoms in total. The van der Waals surface area contributed by atoms with Crippen LogP contribution in [0, 0.1) is 3.57 Å². The Labute approximate surface area is 226 Å². The normalized spacial score (nSPS) is 13.9. The molecule has 1 aliphatic rings. The van der Waals surface area contributed by atoms with Gasteiger partial charge in [0.2, 0.25) is 5.95 Å². The van der Waals surface area contributed by atoms with Crippen LogP contribution in [0.2, 0.25) is 0 Å². The SMILES string of the molecule is NC(=O)c1cccc2[nH]c(NC(=O)c3cccc(C(=O)N4CCC(Nc5ccc(I)cn5)CC4)c3)nc12. The van der Waals surface area contributed by atoms with E-state index in [-0.39, 0.29) is 23.5 Å². The van der Waals surface area contributed by atoms with E-state index in [0.717, 1.165) is 22.2 Å². The molecule has 5 rings (SSSR count). The average Bonchev–Trinajstić information content (AvgIpc) is 3.32. The Morgan fingerprint density at radius 1 is 1.03 bits per heavy atom. The Morgan fingerprint density at radius 3 is 2.51 bits per heavy atom. The van der Waals surface area contributed by atoms with Crippen molar-refractivity contribution in [1.29, 1.82) is 0 Å². The number of benzene rings is 2. The summed E-state index contributed by atoms with van der Waals surface area (Å²) < 4.78 is 1.08. The topological polar surface area (TPSA) is 146 Å². The van der Waals surface area contributed by atoms with Gasteiger partial charge in [0.15, 0.2) is 0 Å². The number of aromatic amines is 1. The third kappa shape index (κ3) is 5.56. The van der Waals surface area contributed by atoms with Crippen LogP contribution in [0.5, 0.6) is 0 Å². The van der Waals surface area contributed by atoms with Gasteiger partial charge in [0.05, 0.1) is 11.1 Å². The van der Waals surface area contributed by atoms with Crippen LogP contribution in [0.3, 0.4) is 0 Å². The standard InChI is InChI=1S/C26H24IN7O3/c27-17-7-8-21(29-14-17)30-18-9-11-34(12-10-18)25(37)16-4-1-3-15(13-16)24(36)33-26-31-20-6-2-5-19(23(28)35)22(20)32-26/h1-8,13-14,18H,9-12H2,(H2,28,35)(H,29,30)(H2,31,32,33,36). The molecule has 0 unspecified atom stereocenters. The minimum absolute atomic E-state index is 0.115. The fourth-order valence-corrected chi connectivity index (χ4v) is 4.66. The van der Waals surface area contributed by atoms with Gasteiger partial charge in [0.25, 0.3) is 17.7 Å². The maximum atomic E-state index is 13.2. The molecule has 2 aromatic carbocycles. The van der Waals surface area contributed by atoms with Crippen molar-refractivity contribution in [2.45, 2.75) is 18.9 Å². The number of nitrogens with one attached hydrogen (secondary N) is 3. The van der Waals surface area contributed by atoms with Crippen LogP contribution in [-0.2, 0) is 0 Å². The molecule has 0 spiro atoms. The van der Waals surface area contributed by atoms with Crippen LogP contribution in [-0.4, -0.2) is 56.7 Å². The highest BCUT2D eigenvalue weighted by molar-refractivity contribution is 14.1. The summed E-state index contributed by atoms with van der Waals surface area (Å²) >= 11 is 2.22. The number of para-hydroxylation sites is 1. The number of H-pyrrole nitrogens is 1. The van der Waals surface area contributed by atoms with Crippen LogP contribution in [0.1, 0.15) is 43.9 Å². The highest BCUT2D eigenvalue weighted by Crippen LogP contribution is 2.21. The summed E-state index contributed by atoms with van der Waals surface area (Å²) in [5, 5.41) is 6.13. The lowest BCUT2D eigenvalue weighted by Gasteiger charge is -2.32. The molecule has 0 aliphatic carbocycles. The Bertz CT molecular complexity index is 1480. The molecule has 0 radical (unpaired) electrons.